The van der Waals surface area contributed by atoms with Gasteiger partial charge in [-0.25, -0.2) is 0 Å². The summed E-state index contributed by atoms with van der Waals surface area (Å²) >= 11 is 0. The van der Waals surface area contributed by atoms with Crippen LogP contribution in [-0.4, -0.2) is 24.2 Å². The second-order valence-corrected chi connectivity index (χ2v) is 7.41. The second kappa shape index (κ2) is 2.24. The van der Waals surface area contributed by atoms with Crippen LogP contribution in [0.2, 0.25) is 0 Å². The van der Waals surface area contributed by atoms with E-state index >= 15 is 0 Å². The van der Waals surface area contributed by atoms with Crippen LogP contribution in [0.5, 0.6) is 0 Å². The molecule has 10 unspecified atom stereocenters. The molecule has 2 nitrogen and oxygen atoms in total. The summed E-state index contributed by atoms with van der Waals surface area (Å²) in [5.74, 6) is 6.41. The molecule has 16 heavy (non-hydrogen) atoms. The average Bonchev–Trinajstić information content (AvgIpc) is 2.92. The molecule has 0 spiro atoms. The van der Waals surface area contributed by atoms with Crippen molar-refractivity contribution >= 4 is 0 Å². The Morgan fingerprint density at radius 1 is 0.625 bits per heavy atom. The first-order valence-corrected chi connectivity index (χ1v) is 7.45. The Balaban J connectivity index is 1.60. The van der Waals surface area contributed by atoms with Crippen LogP contribution in [0.3, 0.4) is 0 Å². The molecule has 6 aliphatic rings. The molecule has 4 aliphatic carbocycles. The van der Waals surface area contributed by atoms with E-state index < -0.39 is 0 Å². The SMILES string of the molecule is C1CC2C(C1)C1NC3C4CC5C3NC2C5C41. The van der Waals surface area contributed by atoms with Crippen molar-refractivity contribution in [3.63, 3.8) is 0 Å². The largest absolute Gasteiger partial charge is 0.309 e. The summed E-state index contributed by atoms with van der Waals surface area (Å²) in [6, 6.07) is 3.65. The van der Waals surface area contributed by atoms with E-state index in [9.17, 15) is 0 Å². The Morgan fingerprint density at radius 2 is 1.19 bits per heavy atom. The van der Waals surface area contributed by atoms with Gasteiger partial charge in [0.1, 0.15) is 0 Å². The first-order chi connectivity index (χ1) is 7.93. The fourth-order valence-corrected chi connectivity index (χ4v) is 7.36. The zero-order chi connectivity index (χ0) is 10.0. The van der Waals surface area contributed by atoms with E-state index in [0.29, 0.717) is 0 Å². The molecule has 10 atom stereocenters. The number of rotatable bonds is 0. The first-order valence-electron chi connectivity index (χ1n) is 7.45. The van der Waals surface area contributed by atoms with Crippen molar-refractivity contribution < 1.29 is 0 Å². The Morgan fingerprint density at radius 3 is 1.75 bits per heavy atom. The van der Waals surface area contributed by atoms with Gasteiger partial charge in [0, 0.05) is 24.2 Å². The van der Waals surface area contributed by atoms with Gasteiger partial charge < -0.3 is 10.6 Å². The smallest absolute Gasteiger partial charge is 0.0258 e. The molecule has 0 aromatic carbocycles. The molecule has 2 heterocycles. The lowest BCUT2D eigenvalue weighted by molar-refractivity contribution is 0.0894. The predicted molar refractivity (Wildman–Crippen MR) is 60.8 cm³/mol. The summed E-state index contributed by atoms with van der Waals surface area (Å²) in [6.07, 6.45) is 6.13. The molecule has 6 rings (SSSR count). The van der Waals surface area contributed by atoms with Crippen molar-refractivity contribution in [1.29, 1.82) is 0 Å². The average molecular weight is 216 g/mol. The van der Waals surface area contributed by atoms with Gasteiger partial charge in [-0.05, 0) is 54.8 Å². The summed E-state index contributed by atoms with van der Waals surface area (Å²) in [4.78, 5) is 0. The highest BCUT2D eigenvalue weighted by atomic mass is 15.2. The normalized spacial score (nSPS) is 76.5. The minimum absolute atomic E-state index is 0.878. The van der Waals surface area contributed by atoms with Crippen molar-refractivity contribution in [3.8, 4) is 0 Å². The fraction of sp³-hybridized carbons (Fsp3) is 1.00. The molecule has 4 saturated carbocycles. The third kappa shape index (κ3) is 0.606. The van der Waals surface area contributed by atoms with Crippen LogP contribution in [-0.2, 0) is 0 Å². The van der Waals surface area contributed by atoms with Gasteiger partial charge in [0.15, 0.2) is 0 Å². The van der Waals surface area contributed by atoms with Crippen molar-refractivity contribution in [2.24, 2.45) is 35.5 Å². The van der Waals surface area contributed by atoms with Crippen LogP contribution in [0.25, 0.3) is 0 Å². The lowest BCUT2D eigenvalue weighted by Crippen LogP contribution is -2.57. The topological polar surface area (TPSA) is 24.1 Å². The third-order valence-electron chi connectivity index (χ3n) is 7.43. The second-order valence-electron chi connectivity index (χ2n) is 7.41. The van der Waals surface area contributed by atoms with Crippen LogP contribution < -0.4 is 10.6 Å². The van der Waals surface area contributed by atoms with Gasteiger partial charge in [0.25, 0.3) is 0 Å². The summed E-state index contributed by atoms with van der Waals surface area (Å²) in [7, 11) is 0. The summed E-state index contributed by atoms with van der Waals surface area (Å²) < 4.78 is 0. The Hall–Kier alpha value is -0.0800. The van der Waals surface area contributed by atoms with E-state index in [0.717, 1.165) is 59.7 Å². The molecule has 0 radical (unpaired) electrons. The molecular formula is C14H20N2. The van der Waals surface area contributed by atoms with Gasteiger partial charge in [-0.1, -0.05) is 6.42 Å². The molecule has 2 saturated heterocycles. The molecule has 0 amide bonds. The zero-order valence-corrected chi connectivity index (χ0v) is 9.60. The Labute approximate surface area is 96.5 Å². The van der Waals surface area contributed by atoms with Crippen molar-refractivity contribution in [3.05, 3.63) is 0 Å². The van der Waals surface area contributed by atoms with Gasteiger partial charge in [0.2, 0.25) is 0 Å². The minimum Gasteiger partial charge on any atom is -0.309 e. The summed E-state index contributed by atoms with van der Waals surface area (Å²) in [6.45, 7) is 0. The molecule has 86 valence electrons. The summed E-state index contributed by atoms with van der Waals surface area (Å²) in [5.41, 5.74) is 0. The molecule has 0 aromatic rings. The highest BCUT2D eigenvalue weighted by molar-refractivity contribution is 5.29. The monoisotopic (exact) mass is 216 g/mol. The number of hydrogen-bond acceptors (Lipinski definition) is 2. The zero-order valence-electron chi connectivity index (χ0n) is 9.60. The van der Waals surface area contributed by atoms with E-state index in [1.165, 1.54) is 19.3 Å². The molecule has 0 aromatic heterocycles. The van der Waals surface area contributed by atoms with Crippen LogP contribution in [0.1, 0.15) is 25.7 Å². The van der Waals surface area contributed by atoms with E-state index in [1.807, 2.05) is 0 Å². The molecule has 6 fully saturated rings. The lowest BCUT2D eigenvalue weighted by Gasteiger charge is -2.44. The van der Waals surface area contributed by atoms with E-state index in [4.69, 9.17) is 0 Å². The standard InChI is InChI=1S/C14H20N2/c1-2-5-6(3-1)12-10-8-4-7-9(10)11(5)15-13(7)14(8)16-12/h5-16H,1-4H2. The van der Waals surface area contributed by atoms with Gasteiger partial charge in [-0.3, -0.25) is 0 Å². The summed E-state index contributed by atoms with van der Waals surface area (Å²) in [5, 5.41) is 8.14. The maximum atomic E-state index is 4.07. The molecule has 2 bridgehead atoms. The molecule has 2 aliphatic heterocycles. The van der Waals surface area contributed by atoms with Crippen LogP contribution in [0, 0.1) is 35.5 Å². The highest BCUT2D eigenvalue weighted by Crippen LogP contribution is 2.67. The maximum absolute atomic E-state index is 4.07. The van der Waals surface area contributed by atoms with Crippen LogP contribution in [0.15, 0.2) is 0 Å². The molecule has 2 N–H and O–H groups in total. The van der Waals surface area contributed by atoms with Crippen LogP contribution in [0.4, 0.5) is 0 Å². The first kappa shape index (κ1) is 8.10. The Kier molecular flexibility index (Phi) is 1.13. The maximum Gasteiger partial charge on any atom is 0.0258 e. The number of nitrogens with one attached hydrogen (secondary N) is 2. The van der Waals surface area contributed by atoms with Gasteiger partial charge in [-0.15, -0.1) is 0 Å². The quantitative estimate of drug-likeness (QED) is 0.631. The van der Waals surface area contributed by atoms with Crippen molar-refractivity contribution in [2.45, 2.75) is 49.9 Å². The van der Waals surface area contributed by atoms with Gasteiger partial charge in [-0.2, -0.15) is 0 Å². The van der Waals surface area contributed by atoms with Gasteiger partial charge >= 0.3 is 0 Å². The fourth-order valence-electron chi connectivity index (χ4n) is 7.36. The van der Waals surface area contributed by atoms with E-state index in [2.05, 4.69) is 10.6 Å². The van der Waals surface area contributed by atoms with Gasteiger partial charge in [0.05, 0.1) is 0 Å². The Bertz CT molecular complexity index is 343. The van der Waals surface area contributed by atoms with Crippen molar-refractivity contribution in [1.82, 2.24) is 10.6 Å². The number of hydrogen-bond donors (Lipinski definition) is 2. The predicted octanol–water partition coefficient (Wildman–Crippen LogP) is 0.979. The van der Waals surface area contributed by atoms with E-state index in [1.54, 1.807) is 6.42 Å². The minimum atomic E-state index is 0.878. The third-order valence-corrected chi connectivity index (χ3v) is 7.43. The molecular weight excluding hydrogens is 196 g/mol. The lowest BCUT2D eigenvalue weighted by atomic mass is 9.63. The highest BCUT2D eigenvalue weighted by Gasteiger charge is 2.73. The van der Waals surface area contributed by atoms with E-state index in [-0.39, 0.29) is 0 Å². The van der Waals surface area contributed by atoms with Crippen molar-refractivity contribution in [2.75, 3.05) is 0 Å². The molecule has 2 heteroatoms. The number of fused-ring (bicyclic) bond motifs is 4. The van der Waals surface area contributed by atoms with Crippen LogP contribution >= 0.6 is 0 Å².